The number of carboxylic acids is 1. The number of benzene rings is 3. The number of piperidine rings is 1. The third kappa shape index (κ3) is 7.78. The van der Waals surface area contributed by atoms with Gasteiger partial charge in [-0.3, -0.25) is 4.79 Å². The van der Waals surface area contributed by atoms with Crippen LogP contribution in [0, 0.1) is 17.5 Å². The number of phenols is 3. The quantitative estimate of drug-likeness (QED) is 0.128. The lowest BCUT2D eigenvalue weighted by Gasteiger charge is -2.36. The number of hydrogen-bond donors (Lipinski definition) is 8. The lowest BCUT2D eigenvalue weighted by Crippen LogP contribution is -2.56. The molecule has 22 heteroatoms. The van der Waals surface area contributed by atoms with Crippen LogP contribution in [-0.4, -0.2) is 115 Å². The number of aromatic carboxylic acids is 1. The SMILES string of the molecule is O=C(O)c1c(F)ccc2c1OB(O)C(NC(=O)C(NC(=O)N1CCN(C3CCN(C(=O)Nc4cc(O)cc(F)c4)CC3)C1=O)c1cc(F)c(O)c(O)c1Cl)C2. The molecule has 8 N–H and O–H groups in total. The molecule has 2 unspecified atom stereocenters. The van der Waals surface area contributed by atoms with Crippen molar-refractivity contribution in [1.82, 2.24) is 25.3 Å². The minimum Gasteiger partial charge on any atom is -0.534 e. The molecule has 0 aliphatic carbocycles. The van der Waals surface area contributed by atoms with Gasteiger partial charge in [0.2, 0.25) is 5.91 Å². The highest BCUT2D eigenvalue weighted by atomic mass is 35.5. The number of imide groups is 1. The largest absolute Gasteiger partial charge is 0.547 e. The first kappa shape index (κ1) is 38.6. The van der Waals surface area contributed by atoms with Crippen LogP contribution in [0.5, 0.6) is 23.0 Å². The molecule has 2 atom stereocenters. The van der Waals surface area contributed by atoms with E-state index in [9.17, 15) is 62.6 Å². The summed E-state index contributed by atoms with van der Waals surface area (Å²) in [7, 11) is -1.95. The van der Waals surface area contributed by atoms with Crippen LogP contribution < -0.4 is 20.6 Å². The molecule has 290 valence electrons. The summed E-state index contributed by atoms with van der Waals surface area (Å²) < 4.78 is 47.8. The van der Waals surface area contributed by atoms with Crippen LogP contribution in [0.25, 0.3) is 0 Å². The van der Waals surface area contributed by atoms with Crippen molar-refractivity contribution in [2.45, 2.75) is 37.3 Å². The Kier molecular flexibility index (Phi) is 10.8. The Morgan fingerprint density at radius 1 is 0.927 bits per heavy atom. The van der Waals surface area contributed by atoms with Gasteiger partial charge in [0.05, 0.1) is 11.0 Å². The number of likely N-dealkylation sites (tertiary alicyclic amines) is 1. The van der Waals surface area contributed by atoms with E-state index >= 15 is 0 Å². The van der Waals surface area contributed by atoms with E-state index in [1.165, 1.54) is 21.9 Å². The van der Waals surface area contributed by atoms with Gasteiger partial charge in [0.1, 0.15) is 34.7 Å². The van der Waals surface area contributed by atoms with Gasteiger partial charge < -0.3 is 55.9 Å². The van der Waals surface area contributed by atoms with Crippen LogP contribution in [0.1, 0.15) is 40.4 Å². The fourth-order valence-corrected chi connectivity index (χ4v) is 6.91. The molecule has 7 amide bonds. The molecule has 0 aromatic heterocycles. The van der Waals surface area contributed by atoms with Crippen molar-refractivity contribution in [2.24, 2.45) is 0 Å². The average molecular weight is 791 g/mol. The lowest BCUT2D eigenvalue weighted by molar-refractivity contribution is -0.123. The Balaban J connectivity index is 1.15. The summed E-state index contributed by atoms with van der Waals surface area (Å²) >= 11 is 6.18. The maximum atomic E-state index is 14.7. The standard InChI is InChI=1S/C33H31BClF3N6O11/c35-24-19(13-21(38)26(46)27(24)47)25(29(48)40-22-9-14-1-2-20(37)23(30(49)50)28(14)55-34(22)54)41-32(52)44-8-7-43(33(44)53)17-3-5-42(6-4-17)31(51)39-16-10-15(36)11-18(45)12-16/h1-2,10-13,17,22,25,45-47,54H,3-9H2,(H,39,51)(H,40,48)(H,41,52)(H,49,50). The summed E-state index contributed by atoms with van der Waals surface area (Å²) in [5.74, 6) is -10.8. The molecule has 2 saturated heterocycles. The average Bonchev–Trinajstić information content (AvgIpc) is 3.52. The van der Waals surface area contributed by atoms with Crippen LogP contribution >= 0.6 is 11.6 Å². The molecule has 55 heavy (non-hydrogen) atoms. The number of carboxylic acid groups (broad SMARTS) is 1. The first-order valence-corrected chi connectivity index (χ1v) is 17.0. The maximum absolute atomic E-state index is 14.7. The van der Waals surface area contributed by atoms with Gasteiger partial charge in [-0.25, -0.2) is 37.2 Å². The van der Waals surface area contributed by atoms with Crippen molar-refractivity contribution in [1.29, 1.82) is 0 Å². The Labute approximate surface area is 314 Å². The highest BCUT2D eigenvalue weighted by Crippen LogP contribution is 2.41. The number of halogens is 4. The minimum atomic E-state index is -1.99. The van der Waals surface area contributed by atoms with Crippen molar-refractivity contribution < 1.29 is 67.2 Å². The van der Waals surface area contributed by atoms with Gasteiger partial charge in [0, 0.05) is 55.6 Å². The smallest absolute Gasteiger partial charge is 0.534 e. The number of phenolic OH excluding ortho intramolecular Hbond substituents is 3. The number of urea groups is 3. The van der Waals surface area contributed by atoms with Crippen molar-refractivity contribution in [3.8, 4) is 23.0 Å². The van der Waals surface area contributed by atoms with Gasteiger partial charge in [-0.05, 0) is 43.0 Å². The van der Waals surface area contributed by atoms with Crippen molar-refractivity contribution in [3.63, 3.8) is 0 Å². The van der Waals surface area contributed by atoms with Crippen molar-refractivity contribution in [2.75, 3.05) is 31.5 Å². The van der Waals surface area contributed by atoms with Gasteiger partial charge in [0.25, 0.3) is 0 Å². The van der Waals surface area contributed by atoms with Gasteiger partial charge in [0.15, 0.2) is 17.3 Å². The summed E-state index contributed by atoms with van der Waals surface area (Å²) in [5, 5.41) is 56.2. The predicted molar refractivity (Wildman–Crippen MR) is 184 cm³/mol. The molecule has 0 bridgehead atoms. The van der Waals surface area contributed by atoms with E-state index < -0.39 is 106 Å². The summed E-state index contributed by atoms with van der Waals surface area (Å²) in [6.45, 7) is 0.248. The molecule has 0 radical (unpaired) electrons. The van der Waals surface area contributed by atoms with Gasteiger partial charge in [-0.1, -0.05) is 17.7 Å². The lowest BCUT2D eigenvalue weighted by atomic mass is 9.72. The van der Waals surface area contributed by atoms with Crippen molar-refractivity contribution >= 4 is 54.4 Å². The second-order valence-electron chi connectivity index (χ2n) is 12.9. The summed E-state index contributed by atoms with van der Waals surface area (Å²) in [4.78, 5) is 68.9. The Morgan fingerprint density at radius 3 is 2.31 bits per heavy atom. The van der Waals surface area contributed by atoms with E-state index in [1.807, 2.05) is 0 Å². The molecule has 6 rings (SSSR count). The van der Waals surface area contributed by atoms with E-state index in [0.717, 1.165) is 23.1 Å². The van der Waals surface area contributed by atoms with E-state index in [2.05, 4.69) is 16.0 Å². The number of hydrogen-bond acceptors (Lipinski definition) is 10. The topological polar surface area (TPSA) is 242 Å². The zero-order chi connectivity index (χ0) is 39.9. The highest BCUT2D eigenvalue weighted by Gasteiger charge is 2.43. The first-order valence-electron chi connectivity index (χ1n) is 16.6. The van der Waals surface area contributed by atoms with E-state index in [4.69, 9.17) is 16.3 Å². The van der Waals surface area contributed by atoms with Crippen LogP contribution in [0.15, 0.2) is 36.4 Å². The maximum Gasteiger partial charge on any atom is 0.547 e. The number of fused-ring (bicyclic) bond motifs is 1. The number of carbonyl (C=O) groups excluding carboxylic acids is 4. The third-order valence-electron chi connectivity index (χ3n) is 9.40. The Hall–Kier alpha value is -6.09. The third-order valence-corrected chi connectivity index (χ3v) is 9.80. The number of nitrogens with zero attached hydrogens (tertiary/aromatic N) is 3. The van der Waals surface area contributed by atoms with Crippen LogP contribution in [0.3, 0.4) is 0 Å². The number of nitrogens with one attached hydrogen (secondary N) is 3. The molecule has 2 fully saturated rings. The summed E-state index contributed by atoms with van der Waals surface area (Å²) in [6, 6.07) is 0.782. The minimum absolute atomic E-state index is 0.0409. The van der Waals surface area contributed by atoms with Gasteiger partial charge in [-0.15, -0.1) is 0 Å². The molecule has 17 nitrogen and oxygen atoms in total. The normalized spacial score (nSPS) is 17.7. The summed E-state index contributed by atoms with van der Waals surface area (Å²) in [6.07, 6.45) is 0.289. The zero-order valence-electron chi connectivity index (χ0n) is 28.3. The second-order valence-corrected chi connectivity index (χ2v) is 13.2. The van der Waals surface area contributed by atoms with Crippen LogP contribution in [0.4, 0.5) is 33.2 Å². The van der Waals surface area contributed by atoms with Crippen LogP contribution in [0.2, 0.25) is 5.02 Å². The van der Waals surface area contributed by atoms with Crippen LogP contribution in [-0.2, 0) is 11.2 Å². The molecule has 3 aliphatic rings. The molecule has 0 saturated carbocycles. The predicted octanol–water partition coefficient (Wildman–Crippen LogP) is 2.90. The van der Waals surface area contributed by atoms with E-state index in [-0.39, 0.29) is 49.6 Å². The molecule has 3 aromatic rings. The highest BCUT2D eigenvalue weighted by molar-refractivity contribution is 6.47. The summed E-state index contributed by atoms with van der Waals surface area (Å²) in [5.41, 5.74) is -1.29. The van der Waals surface area contributed by atoms with E-state index in [0.29, 0.717) is 18.9 Å². The monoisotopic (exact) mass is 790 g/mol. The van der Waals surface area contributed by atoms with Gasteiger partial charge in [-0.2, -0.15) is 0 Å². The number of amides is 7. The van der Waals surface area contributed by atoms with Crippen molar-refractivity contribution in [3.05, 3.63) is 75.6 Å². The molecular weight excluding hydrogens is 760 g/mol. The molecule has 3 aliphatic heterocycles. The Morgan fingerprint density at radius 2 is 1.64 bits per heavy atom. The number of rotatable bonds is 7. The molecule has 0 spiro atoms. The zero-order valence-corrected chi connectivity index (χ0v) is 29.0. The molecule has 3 aromatic carbocycles. The molecule has 3 heterocycles. The second kappa shape index (κ2) is 15.3. The Bertz CT molecular complexity index is 2070. The number of carbonyl (C=O) groups is 5. The number of aromatic hydroxyl groups is 3. The van der Waals surface area contributed by atoms with Gasteiger partial charge >= 0.3 is 31.2 Å². The first-order chi connectivity index (χ1) is 26.0. The molecular formula is C33H31BClF3N6O11. The van der Waals surface area contributed by atoms with E-state index in [1.54, 1.807) is 0 Å². The fraction of sp³-hybridized carbons (Fsp3) is 0.303. The number of anilines is 1. The fourth-order valence-electron chi connectivity index (χ4n) is 6.65.